The summed E-state index contributed by atoms with van der Waals surface area (Å²) in [4.78, 5) is 10.5. The van der Waals surface area contributed by atoms with Gasteiger partial charge in [0.15, 0.2) is 0 Å². The molecule has 0 saturated carbocycles. The topological polar surface area (TPSA) is 98.0 Å². The Morgan fingerprint density at radius 2 is 2.00 bits per heavy atom. The second kappa shape index (κ2) is 5.72. The third-order valence-electron chi connectivity index (χ3n) is 2.30. The lowest BCUT2D eigenvalue weighted by Crippen LogP contribution is -2.22. The summed E-state index contributed by atoms with van der Waals surface area (Å²) in [6.45, 7) is -0.646. The minimum Gasteiger partial charge on any atom is -0.481 e. The van der Waals surface area contributed by atoms with Crippen molar-refractivity contribution in [3.05, 3.63) is 35.1 Å². The summed E-state index contributed by atoms with van der Waals surface area (Å²) in [7, 11) is 0. The molecular formula is C11H13FO5. The van der Waals surface area contributed by atoms with Crippen molar-refractivity contribution in [2.24, 2.45) is 0 Å². The molecule has 0 fully saturated rings. The van der Waals surface area contributed by atoms with Gasteiger partial charge in [0.2, 0.25) is 0 Å². The van der Waals surface area contributed by atoms with Crippen LogP contribution in [0.2, 0.25) is 0 Å². The lowest BCUT2D eigenvalue weighted by atomic mass is 10.0. The summed E-state index contributed by atoms with van der Waals surface area (Å²) in [5.74, 6) is -1.89. The van der Waals surface area contributed by atoms with Gasteiger partial charge in [-0.05, 0) is 23.3 Å². The smallest absolute Gasteiger partial charge is 0.307 e. The molecule has 1 rings (SSSR count). The van der Waals surface area contributed by atoms with Crippen LogP contribution in [0.1, 0.15) is 17.2 Å². The number of halogens is 1. The summed E-state index contributed by atoms with van der Waals surface area (Å²) in [5, 5.41) is 36.0. The van der Waals surface area contributed by atoms with Gasteiger partial charge in [-0.3, -0.25) is 4.79 Å². The number of benzene rings is 1. The van der Waals surface area contributed by atoms with Crippen LogP contribution in [-0.4, -0.2) is 39.1 Å². The number of aliphatic hydroxyl groups excluding tert-OH is 3. The first-order valence-electron chi connectivity index (χ1n) is 4.92. The van der Waals surface area contributed by atoms with E-state index >= 15 is 0 Å². The zero-order valence-corrected chi connectivity index (χ0v) is 8.88. The Hall–Kier alpha value is -1.50. The maximum absolute atomic E-state index is 13.2. The van der Waals surface area contributed by atoms with Gasteiger partial charge in [-0.15, -0.1) is 0 Å². The number of carboxylic acid groups (broad SMARTS) is 1. The second-order valence-electron chi connectivity index (χ2n) is 3.62. The summed E-state index contributed by atoms with van der Waals surface area (Å²) < 4.78 is 13.2. The third-order valence-corrected chi connectivity index (χ3v) is 2.30. The van der Waals surface area contributed by atoms with Crippen molar-refractivity contribution < 1.29 is 29.6 Å². The highest BCUT2D eigenvalue weighted by molar-refractivity contribution is 5.70. The molecule has 0 aliphatic rings. The molecule has 0 spiro atoms. The minimum atomic E-state index is -1.39. The number of aliphatic carboxylic acids is 1. The van der Waals surface area contributed by atoms with E-state index in [2.05, 4.69) is 0 Å². The van der Waals surface area contributed by atoms with E-state index in [4.69, 9.17) is 10.2 Å². The molecule has 0 saturated heterocycles. The first-order valence-corrected chi connectivity index (χ1v) is 4.92. The van der Waals surface area contributed by atoms with E-state index in [1.54, 1.807) is 0 Å². The Kier molecular flexibility index (Phi) is 4.56. The van der Waals surface area contributed by atoms with Crippen molar-refractivity contribution in [2.45, 2.75) is 18.6 Å². The molecule has 0 bridgehead atoms. The Bertz CT molecular complexity index is 407. The largest absolute Gasteiger partial charge is 0.481 e. The number of carboxylic acids is 1. The van der Waals surface area contributed by atoms with E-state index in [1.807, 2.05) is 0 Å². The fourth-order valence-electron chi connectivity index (χ4n) is 1.40. The van der Waals surface area contributed by atoms with E-state index in [9.17, 15) is 19.4 Å². The Balaban J connectivity index is 2.99. The molecule has 2 atom stereocenters. The fraction of sp³-hybridized carbons (Fsp3) is 0.364. The van der Waals surface area contributed by atoms with Crippen LogP contribution in [0.3, 0.4) is 0 Å². The van der Waals surface area contributed by atoms with Gasteiger partial charge in [0.1, 0.15) is 18.0 Å². The van der Waals surface area contributed by atoms with Gasteiger partial charge >= 0.3 is 5.97 Å². The molecule has 1 aromatic rings. The van der Waals surface area contributed by atoms with E-state index in [0.29, 0.717) is 0 Å². The molecule has 0 heterocycles. The van der Waals surface area contributed by atoms with Crippen LogP contribution in [0.15, 0.2) is 18.2 Å². The van der Waals surface area contributed by atoms with Crippen molar-refractivity contribution in [1.29, 1.82) is 0 Å². The standard InChI is InChI=1S/C11H13FO5/c12-8-2-1-6(11(17)9(14)5-13)3-7(8)4-10(15)16/h1-3,9,11,13-14,17H,4-5H2,(H,15,16). The number of rotatable bonds is 5. The van der Waals surface area contributed by atoms with Crippen LogP contribution in [0.4, 0.5) is 4.39 Å². The lowest BCUT2D eigenvalue weighted by molar-refractivity contribution is -0.136. The van der Waals surface area contributed by atoms with Gasteiger partial charge in [0.05, 0.1) is 13.0 Å². The maximum Gasteiger partial charge on any atom is 0.307 e. The summed E-state index contributed by atoms with van der Waals surface area (Å²) >= 11 is 0. The zero-order valence-electron chi connectivity index (χ0n) is 8.88. The van der Waals surface area contributed by atoms with Crippen molar-refractivity contribution >= 4 is 5.97 Å². The molecule has 0 aromatic heterocycles. The first kappa shape index (κ1) is 13.6. The van der Waals surface area contributed by atoms with Gasteiger partial charge in [0.25, 0.3) is 0 Å². The van der Waals surface area contributed by atoms with Crippen molar-refractivity contribution in [3.63, 3.8) is 0 Å². The normalized spacial score (nSPS) is 14.4. The second-order valence-corrected chi connectivity index (χ2v) is 3.62. The van der Waals surface area contributed by atoms with Gasteiger partial charge < -0.3 is 20.4 Å². The average molecular weight is 244 g/mol. The predicted molar refractivity (Wildman–Crippen MR) is 55.8 cm³/mol. The Morgan fingerprint density at radius 3 is 2.53 bits per heavy atom. The van der Waals surface area contributed by atoms with Crippen LogP contribution < -0.4 is 0 Å². The van der Waals surface area contributed by atoms with E-state index in [1.165, 1.54) is 6.07 Å². The minimum absolute atomic E-state index is 0.0841. The van der Waals surface area contributed by atoms with Crippen molar-refractivity contribution in [3.8, 4) is 0 Å². The molecule has 2 unspecified atom stereocenters. The molecule has 6 heteroatoms. The van der Waals surface area contributed by atoms with Gasteiger partial charge in [-0.25, -0.2) is 4.39 Å². The first-order chi connectivity index (χ1) is 7.95. The summed E-state index contributed by atoms with van der Waals surface area (Å²) in [6, 6.07) is 3.40. The number of carbonyl (C=O) groups is 1. The van der Waals surface area contributed by atoms with E-state index < -0.39 is 37.0 Å². The molecule has 0 radical (unpaired) electrons. The van der Waals surface area contributed by atoms with Crippen LogP contribution in [-0.2, 0) is 11.2 Å². The number of hydrogen-bond donors (Lipinski definition) is 4. The molecule has 4 N–H and O–H groups in total. The molecule has 1 aromatic carbocycles. The number of hydrogen-bond acceptors (Lipinski definition) is 4. The Labute approximate surface area is 96.8 Å². The predicted octanol–water partition coefficient (Wildman–Crippen LogP) is -0.161. The molecule has 0 aliphatic carbocycles. The quantitative estimate of drug-likeness (QED) is 0.577. The zero-order chi connectivity index (χ0) is 13.0. The molecular weight excluding hydrogens is 231 g/mol. The molecule has 0 amide bonds. The van der Waals surface area contributed by atoms with Crippen molar-refractivity contribution in [1.82, 2.24) is 0 Å². The number of aliphatic hydroxyl groups is 3. The highest BCUT2D eigenvalue weighted by Crippen LogP contribution is 2.20. The van der Waals surface area contributed by atoms with Crippen LogP contribution in [0.5, 0.6) is 0 Å². The Morgan fingerprint density at radius 1 is 1.35 bits per heavy atom. The van der Waals surface area contributed by atoms with Gasteiger partial charge in [-0.2, -0.15) is 0 Å². The monoisotopic (exact) mass is 244 g/mol. The van der Waals surface area contributed by atoms with E-state index in [-0.39, 0.29) is 11.1 Å². The summed E-state index contributed by atoms with van der Waals surface area (Å²) in [5.41, 5.74) is 0.0726. The highest BCUT2D eigenvalue weighted by Gasteiger charge is 2.19. The SMILES string of the molecule is O=C(O)Cc1cc(C(O)C(O)CO)ccc1F. The maximum atomic E-state index is 13.2. The van der Waals surface area contributed by atoms with E-state index in [0.717, 1.165) is 12.1 Å². The highest BCUT2D eigenvalue weighted by atomic mass is 19.1. The molecule has 0 aliphatic heterocycles. The van der Waals surface area contributed by atoms with Crippen LogP contribution in [0, 0.1) is 5.82 Å². The fourth-order valence-corrected chi connectivity index (χ4v) is 1.40. The molecule has 5 nitrogen and oxygen atoms in total. The molecule has 94 valence electrons. The lowest BCUT2D eigenvalue weighted by Gasteiger charge is -2.16. The molecule has 17 heavy (non-hydrogen) atoms. The summed E-state index contributed by atoms with van der Waals surface area (Å²) in [6.07, 6.45) is -3.28. The third kappa shape index (κ3) is 3.48. The van der Waals surface area contributed by atoms with Crippen molar-refractivity contribution in [2.75, 3.05) is 6.61 Å². The van der Waals surface area contributed by atoms with Crippen LogP contribution in [0.25, 0.3) is 0 Å². The van der Waals surface area contributed by atoms with Crippen LogP contribution >= 0.6 is 0 Å². The van der Waals surface area contributed by atoms with Gasteiger partial charge in [-0.1, -0.05) is 6.07 Å². The van der Waals surface area contributed by atoms with Gasteiger partial charge in [0, 0.05) is 0 Å². The average Bonchev–Trinajstić information content (AvgIpc) is 2.29.